The molecular formula is C12H13NO. The molecule has 0 unspecified atom stereocenters. The number of rotatable bonds is 0. The molecule has 2 nitrogen and oxygen atoms in total. The summed E-state index contributed by atoms with van der Waals surface area (Å²) in [5, 5.41) is 0. The molecule has 14 heavy (non-hydrogen) atoms. The van der Waals surface area contributed by atoms with Crippen molar-refractivity contribution in [1.29, 1.82) is 0 Å². The Morgan fingerprint density at radius 2 is 1.93 bits per heavy atom. The minimum Gasteiger partial charge on any atom is -0.337 e. The van der Waals surface area contributed by atoms with E-state index in [0.717, 1.165) is 11.1 Å². The van der Waals surface area contributed by atoms with Gasteiger partial charge in [-0.3, -0.25) is 4.79 Å². The third-order valence-electron chi connectivity index (χ3n) is 2.61. The molecule has 2 heteroatoms. The average Bonchev–Trinajstić information content (AvgIpc) is 2.23. The number of allylic oxidation sites excluding steroid dienone is 1. The SMILES string of the molecule is C/C=C1\CN(C)C(=O)c2ccccc21. The van der Waals surface area contributed by atoms with Gasteiger partial charge in [0.15, 0.2) is 0 Å². The first-order valence-electron chi connectivity index (χ1n) is 4.74. The summed E-state index contributed by atoms with van der Waals surface area (Å²) in [5.41, 5.74) is 3.12. The van der Waals surface area contributed by atoms with E-state index >= 15 is 0 Å². The van der Waals surface area contributed by atoms with Gasteiger partial charge in [-0.15, -0.1) is 0 Å². The van der Waals surface area contributed by atoms with Crippen molar-refractivity contribution in [2.24, 2.45) is 0 Å². The Kier molecular flexibility index (Phi) is 2.12. The molecule has 0 saturated heterocycles. The number of nitrogens with zero attached hydrogens (tertiary/aromatic N) is 1. The Morgan fingerprint density at radius 3 is 2.57 bits per heavy atom. The van der Waals surface area contributed by atoms with E-state index < -0.39 is 0 Å². The molecule has 1 heterocycles. The zero-order valence-corrected chi connectivity index (χ0v) is 8.45. The number of amides is 1. The van der Waals surface area contributed by atoms with Crippen molar-refractivity contribution in [2.75, 3.05) is 13.6 Å². The predicted octanol–water partition coefficient (Wildman–Crippen LogP) is 2.18. The van der Waals surface area contributed by atoms with Crippen LogP contribution in [0, 0.1) is 0 Å². The van der Waals surface area contributed by atoms with Crippen molar-refractivity contribution in [2.45, 2.75) is 6.92 Å². The lowest BCUT2D eigenvalue weighted by atomic mass is 9.94. The van der Waals surface area contributed by atoms with Gasteiger partial charge in [0.2, 0.25) is 0 Å². The minimum atomic E-state index is 0.117. The molecule has 2 rings (SSSR count). The third kappa shape index (κ3) is 1.23. The van der Waals surface area contributed by atoms with Crippen molar-refractivity contribution in [3.63, 3.8) is 0 Å². The summed E-state index contributed by atoms with van der Waals surface area (Å²) < 4.78 is 0. The second-order valence-corrected chi connectivity index (χ2v) is 3.52. The van der Waals surface area contributed by atoms with Gasteiger partial charge in [0.1, 0.15) is 0 Å². The van der Waals surface area contributed by atoms with Crippen molar-refractivity contribution >= 4 is 11.5 Å². The van der Waals surface area contributed by atoms with Crippen LogP contribution in [0.5, 0.6) is 0 Å². The molecule has 1 aromatic carbocycles. The zero-order valence-electron chi connectivity index (χ0n) is 8.45. The third-order valence-corrected chi connectivity index (χ3v) is 2.61. The number of hydrogen-bond donors (Lipinski definition) is 0. The van der Waals surface area contributed by atoms with Crippen molar-refractivity contribution < 1.29 is 4.79 Å². The molecule has 0 aliphatic carbocycles. The summed E-state index contributed by atoms with van der Waals surface area (Å²) in [7, 11) is 1.84. The highest BCUT2D eigenvalue weighted by Gasteiger charge is 2.23. The van der Waals surface area contributed by atoms with Gasteiger partial charge in [0.05, 0.1) is 0 Å². The molecule has 0 spiro atoms. The summed E-state index contributed by atoms with van der Waals surface area (Å²) in [5.74, 6) is 0.117. The standard InChI is InChI=1S/C12H13NO/c1-3-9-8-13(2)12(14)11-7-5-4-6-10(9)11/h3-7H,8H2,1-2H3/b9-3+. The van der Waals surface area contributed by atoms with E-state index in [2.05, 4.69) is 6.08 Å². The lowest BCUT2D eigenvalue weighted by Gasteiger charge is -2.26. The van der Waals surface area contributed by atoms with E-state index in [1.807, 2.05) is 38.2 Å². The quantitative estimate of drug-likeness (QED) is 0.609. The van der Waals surface area contributed by atoms with Gasteiger partial charge in [0.25, 0.3) is 5.91 Å². The summed E-state index contributed by atoms with van der Waals surface area (Å²) in [6.07, 6.45) is 2.07. The maximum atomic E-state index is 11.8. The lowest BCUT2D eigenvalue weighted by Crippen LogP contribution is -2.33. The molecular weight excluding hydrogens is 174 g/mol. The van der Waals surface area contributed by atoms with E-state index in [4.69, 9.17) is 0 Å². The molecule has 1 amide bonds. The smallest absolute Gasteiger partial charge is 0.254 e. The molecule has 1 aromatic rings. The van der Waals surface area contributed by atoms with Crippen LogP contribution in [0.3, 0.4) is 0 Å². The van der Waals surface area contributed by atoms with Crippen LogP contribution >= 0.6 is 0 Å². The van der Waals surface area contributed by atoms with Crippen molar-refractivity contribution in [3.8, 4) is 0 Å². The molecule has 1 aliphatic heterocycles. The minimum absolute atomic E-state index is 0.117. The fraction of sp³-hybridized carbons (Fsp3) is 0.250. The van der Waals surface area contributed by atoms with Crippen LogP contribution in [-0.4, -0.2) is 24.4 Å². The Morgan fingerprint density at radius 1 is 1.29 bits per heavy atom. The van der Waals surface area contributed by atoms with Gasteiger partial charge < -0.3 is 4.90 Å². The van der Waals surface area contributed by atoms with Crippen LogP contribution in [0.4, 0.5) is 0 Å². The number of carbonyl (C=O) groups is 1. The van der Waals surface area contributed by atoms with Crippen LogP contribution in [0.25, 0.3) is 5.57 Å². The molecule has 0 fully saturated rings. The lowest BCUT2D eigenvalue weighted by molar-refractivity contribution is 0.0805. The van der Waals surface area contributed by atoms with Crippen LogP contribution in [0.15, 0.2) is 30.3 Å². The van der Waals surface area contributed by atoms with Gasteiger partial charge in [0, 0.05) is 19.2 Å². The van der Waals surface area contributed by atoms with Gasteiger partial charge in [-0.25, -0.2) is 0 Å². The number of benzene rings is 1. The number of carbonyl (C=O) groups excluding carboxylic acids is 1. The molecule has 0 atom stereocenters. The second-order valence-electron chi connectivity index (χ2n) is 3.52. The molecule has 0 radical (unpaired) electrons. The van der Waals surface area contributed by atoms with Gasteiger partial charge in [-0.1, -0.05) is 24.3 Å². The summed E-state index contributed by atoms with van der Waals surface area (Å²) in [6.45, 7) is 2.72. The van der Waals surface area contributed by atoms with E-state index in [1.54, 1.807) is 4.90 Å². The van der Waals surface area contributed by atoms with Gasteiger partial charge in [-0.05, 0) is 24.1 Å². The van der Waals surface area contributed by atoms with Gasteiger partial charge >= 0.3 is 0 Å². The molecule has 72 valence electrons. The van der Waals surface area contributed by atoms with Gasteiger partial charge in [-0.2, -0.15) is 0 Å². The van der Waals surface area contributed by atoms with E-state index in [0.29, 0.717) is 6.54 Å². The molecule has 0 bridgehead atoms. The van der Waals surface area contributed by atoms with Crippen LogP contribution in [-0.2, 0) is 0 Å². The predicted molar refractivity (Wildman–Crippen MR) is 57.1 cm³/mol. The largest absolute Gasteiger partial charge is 0.337 e. The van der Waals surface area contributed by atoms with Crippen molar-refractivity contribution in [3.05, 3.63) is 41.5 Å². The summed E-state index contributed by atoms with van der Waals surface area (Å²) in [4.78, 5) is 13.5. The Balaban J connectivity index is 2.61. The molecule has 0 N–H and O–H groups in total. The number of fused-ring (bicyclic) bond motifs is 1. The monoisotopic (exact) mass is 187 g/mol. The average molecular weight is 187 g/mol. The van der Waals surface area contributed by atoms with E-state index in [1.165, 1.54) is 5.57 Å². The Hall–Kier alpha value is -1.57. The zero-order chi connectivity index (χ0) is 10.1. The summed E-state index contributed by atoms with van der Waals surface area (Å²) in [6, 6.07) is 7.77. The molecule has 0 saturated carbocycles. The Bertz CT molecular complexity index is 407. The second kappa shape index (κ2) is 3.29. The first-order valence-corrected chi connectivity index (χ1v) is 4.74. The first kappa shape index (κ1) is 9.00. The maximum Gasteiger partial charge on any atom is 0.254 e. The first-order chi connectivity index (χ1) is 6.74. The van der Waals surface area contributed by atoms with E-state index in [9.17, 15) is 4.79 Å². The van der Waals surface area contributed by atoms with Crippen LogP contribution < -0.4 is 0 Å². The Labute approximate surface area is 83.8 Å². The van der Waals surface area contributed by atoms with Crippen molar-refractivity contribution in [1.82, 2.24) is 4.90 Å². The van der Waals surface area contributed by atoms with E-state index in [-0.39, 0.29) is 5.91 Å². The van der Waals surface area contributed by atoms with Crippen LogP contribution in [0.2, 0.25) is 0 Å². The molecule has 0 aromatic heterocycles. The highest BCUT2D eigenvalue weighted by atomic mass is 16.2. The maximum absolute atomic E-state index is 11.8. The topological polar surface area (TPSA) is 20.3 Å². The normalized spacial score (nSPS) is 18.6. The number of likely N-dealkylation sites (N-methyl/N-ethyl adjacent to an activating group) is 1. The highest BCUT2D eigenvalue weighted by molar-refractivity contribution is 6.02. The highest BCUT2D eigenvalue weighted by Crippen LogP contribution is 2.25. The summed E-state index contributed by atoms with van der Waals surface area (Å²) >= 11 is 0. The number of hydrogen-bond acceptors (Lipinski definition) is 1. The fourth-order valence-electron chi connectivity index (χ4n) is 1.81. The van der Waals surface area contributed by atoms with Crippen LogP contribution in [0.1, 0.15) is 22.8 Å². The molecule has 1 aliphatic rings. The fourth-order valence-corrected chi connectivity index (χ4v) is 1.81.